The molecule has 0 radical (unpaired) electrons. The highest BCUT2D eigenvalue weighted by atomic mass is 16.5. The first-order valence-electron chi connectivity index (χ1n) is 8.17. The predicted molar refractivity (Wildman–Crippen MR) is 93.7 cm³/mol. The van der Waals surface area contributed by atoms with Crippen LogP contribution in [0.3, 0.4) is 0 Å². The molecule has 0 aliphatic carbocycles. The molecule has 6 nitrogen and oxygen atoms in total. The summed E-state index contributed by atoms with van der Waals surface area (Å²) in [7, 11) is 3.05. The minimum absolute atomic E-state index is 0.240. The number of ether oxygens (including phenoxy) is 2. The Balaban J connectivity index is 1.87. The molecule has 3 aromatic rings. The smallest absolute Gasteiger partial charge is 0.410 e. The van der Waals surface area contributed by atoms with Crippen LogP contribution in [-0.2, 0) is 11.2 Å². The van der Waals surface area contributed by atoms with Crippen LogP contribution in [0.1, 0.15) is 22.9 Å². The second kappa shape index (κ2) is 6.12. The van der Waals surface area contributed by atoms with Crippen LogP contribution in [0, 0.1) is 0 Å². The monoisotopic (exact) mass is 337 g/mol. The summed E-state index contributed by atoms with van der Waals surface area (Å²) in [5.41, 5.74) is 4.05. The van der Waals surface area contributed by atoms with Gasteiger partial charge in [-0.3, -0.25) is 4.90 Å². The van der Waals surface area contributed by atoms with Gasteiger partial charge in [0.05, 0.1) is 14.2 Å². The number of aromatic nitrogens is 2. The number of rotatable bonds is 2. The third kappa shape index (κ3) is 2.50. The van der Waals surface area contributed by atoms with Gasteiger partial charge in [0.2, 0.25) is 0 Å². The molecule has 1 atom stereocenters. The van der Waals surface area contributed by atoms with E-state index in [1.54, 1.807) is 18.2 Å². The van der Waals surface area contributed by atoms with E-state index in [1.807, 2.05) is 30.3 Å². The maximum atomic E-state index is 12.3. The number of nitrogens with one attached hydrogen (secondary N) is 1. The van der Waals surface area contributed by atoms with Crippen molar-refractivity contribution in [2.45, 2.75) is 12.5 Å². The molecule has 0 saturated carbocycles. The van der Waals surface area contributed by atoms with E-state index in [-0.39, 0.29) is 12.1 Å². The van der Waals surface area contributed by atoms with Crippen molar-refractivity contribution in [3.8, 4) is 5.75 Å². The summed E-state index contributed by atoms with van der Waals surface area (Å²) >= 11 is 0. The number of hydrogen-bond acceptors (Lipinski definition) is 4. The zero-order valence-corrected chi connectivity index (χ0v) is 14.2. The SMILES string of the molecule is COC(=O)N1CCc2c([nH]c3ncccc23)C1c1ccc(OC)cc1. The number of fused-ring (bicyclic) bond motifs is 3. The highest BCUT2D eigenvalue weighted by Crippen LogP contribution is 2.38. The quantitative estimate of drug-likeness (QED) is 0.779. The fraction of sp³-hybridized carbons (Fsp3) is 0.263. The number of amides is 1. The van der Waals surface area contributed by atoms with Gasteiger partial charge < -0.3 is 14.5 Å². The van der Waals surface area contributed by atoms with E-state index in [0.29, 0.717) is 6.54 Å². The largest absolute Gasteiger partial charge is 0.497 e. The molecule has 3 heterocycles. The average molecular weight is 337 g/mol. The summed E-state index contributed by atoms with van der Waals surface area (Å²) in [6, 6.07) is 11.5. The van der Waals surface area contributed by atoms with E-state index in [4.69, 9.17) is 9.47 Å². The number of nitrogens with zero attached hydrogens (tertiary/aromatic N) is 2. The minimum atomic E-state index is -0.335. The van der Waals surface area contributed by atoms with Gasteiger partial charge in [-0.1, -0.05) is 12.1 Å². The van der Waals surface area contributed by atoms with Crippen molar-refractivity contribution in [2.75, 3.05) is 20.8 Å². The summed E-state index contributed by atoms with van der Waals surface area (Å²) in [5, 5.41) is 1.11. The van der Waals surface area contributed by atoms with Crippen molar-refractivity contribution < 1.29 is 14.3 Å². The van der Waals surface area contributed by atoms with Crippen LogP contribution in [0.15, 0.2) is 42.6 Å². The molecule has 1 aromatic carbocycles. The Morgan fingerprint density at radius 1 is 1.24 bits per heavy atom. The van der Waals surface area contributed by atoms with Crippen LogP contribution < -0.4 is 4.74 Å². The average Bonchev–Trinajstić information content (AvgIpc) is 3.05. The van der Waals surface area contributed by atoms with Gasteiger partial charge in [0, 0.05) is 23.8 Å². The van der Waals surface area contributed by atoms with Crippen molar-refractivity contribution in [1.82, 2.24) is 14.9 Å². The van der Waals surface area contributed by atoms with E-state index in [0.717, 1.165) is 34.5 Å². The van der Waals surface area contributed by atoms with Crippen molar-refractivity contribution in [2.24, 2.45) is 0 Å². The fourth-order valence-corrected chi connectivity index (χ4v) is 3.56. The molecule has 0 spiro atoms. The highest BCUT2D eigenvalue weighted by Gasteiger charge is 2.35. The number of methoxy groups -OCH3 is 2. The second-order valence-electron chi connectivity index (χ2n) is 6.01. The van der Waals surface area contributed by atoms with Crippen molar-refractivity contribution >= 4 is 17.1 Å². The topological polar surface area (TPSA) is 67.5 Å². The first-order valence-corrected chi connectivity index (χ1v) is 8.17. The summed E-state index contributed by atoms with van der Waals surface area (Å²) in [5.74, 6) is 0.780. The van der Waals surface area contributed by atoms with Gasteiger partial charge in [-0.05, 0) is 41.8 Å². The maximum absolute atomic E-state index is 12.3. The van der Waals surface area contributed by atoms with Gasteiger partial charge >= 0.3 is 6.09 Å². The van der Waals surface area contributed by atoms with Crippen LogP contribution in [0.2, 0.25) is 0 Å². The van der Waals surface area contributed by atoms with Crippen LogP contribution >= 0.6 is 0 Å². The van der Waals surface area contributed by atoms with Crippen LogP contribution in [-0.4, -0.2) is 41.7 Å². The van der Waals surface area contributed by atoms with Gasteiger partial charge in [-0.25, -0.2) is 9.78 Å². The Kier molecular flexibility index (Phi) is 3.80. The number of benzene rings is 1. The van der Waals surface area contributed by atoms with Crippen LogP contribution in [0.5, 0.6) is 5.75 Å². The first-order chi connectivity index (χ1) is 12.2. The number of carbonyl (C=O) groups is 1. The summed E-state index contributed by atoms with van der Waals surface area (Å²) in [6.07, 6.45) is 2.20. The molecule has 0 fully saturated rings. The number of H-pyrrole nitrogens is 1. The van der Waals surface area contributed by atoms with Gasteiger partial charge in [-0.2, -0.15) is 0 Å². The zero-order chi connectivity index (χ0) is 17.4. The van der Waals surface area contributed by atoms with Gasteiger partial charge in [-0.15, -0.1) is 0 Å². The molecule has 1 amide bonds. The van der Waals surface area contributed by atoms with E-state index in [2.05, 4.69) is 16.0 Å². The lowest BCUT2D eigenvalue weighted by atomic mass is 9.93. The van der Waals surface area contributed by atoms with Crippen LogP contribution in [0.4, 0.5) is 4.79 Å². The zero-order valence-electron chi connectivity index (χ0n) is 14.2. The van der Waals surface area contributed by atoms with E-state index in [1.165, 1.54) is 12.7 Å². The lowest BCUT2D eigenvalue weighted by molar-refractivity contribution is 0.108. The lowest BCUT2D eigenvalue weighted by Crippen LogP contribution is -2.40. The van der Waals surface area contributed by atoms with Gasteiger partial charge in [0.25, 0.3) is 0 Å². The highest BCUT2D eigenvalue weighted by molar-refractivity contribution is 5.83. The summed E-state index contributed by atoms with van der Waals surface area (Å²) in [4.78, 5) is 21.9. The minimum Gasteiger partial charge on any atom is -0.497 e. The van der Waals surface area contributed by atoms with Gasteiger partial charge in [0.1, 0.15) is 17.4 Å². The molecule has 0 saturated heterocycles. The standard InChI is InChI=1S/C19H19N3O3/c1-24-13-7-5-12(6-8-13)17-16-14(9-11-22(17)19(23)25-2)15-4-3-10-20-18(15)21-16/h3-8,10,17H,9,11H2,1-2H3,(H,20,21). The summed E-state index contributed by atoms with van der Waals surface area (Å²) in [6.45, 7) is 0.595. The lowest BCUT2D eigenvalue weighted by Gasteiger charge is -2.35. The van der Waals surface area contributed by atoms with Crippen molar-refractivity contribution in [1.29, 1.82) is 0 Å². The molecular weight excluding hydrogens is 318 g/mol. The Hall–Kier alpha value is -3.02. The molecule has 1 unspecified atom stereocenters. The van der Waals surface area contributed by atoms with Crippen molar-refractivity contribution in [3.05, 3.63) is 59.4 Å². The molecule has 0 bridgehead atoms. The Labute approximate surface area is 145 Å². The number of pyridine rings is 1. The normalized spacial score (nSPS) is 16.6. The molecule has 6 heteroatoms. The third-order valence-corrected chi connectivity index (χ3v) is 4.74. The summed E-state index contributed by atoms with van der Waals surface area (Å²) < 4.78 is 10.3. The second-order valence-corrected chi connectivity index (χ2v) is 6.01. The molecule has 1 N–H and O–H groups in total. The number of aromatic amines is 1. The van der Waals surface area contributed by atoms with E-state index < -0.39 is 0 Å². The molecule has 25 heavy (non-hydrogen) atoms. The van der Waals surface area contributed by atoms with Crippen molar-refractivity contribution in [3.63, 3.8) is 0 Å². The molecule has 2 aromatic heterocycles. The Morgan fingerprint density at radius 2 is 2.04 bits per heavy atom. The van der Waals surface area contributed by atoms with E-state index in [9.17, 15) is 4.79 Å². The third-order valence-electron chi connectivity index (χ3n) is 4.74. The number of hydrogen-bond donors (Lipinski definition) is 1. The maximum Gasteiger partial charge on any atom is 0.410 e. The van der Waals surface area contributed by atoms with Gasteiger partial charge in [0.15, 0.2) is 0 Å². The predicted octanol–water partition coefficient (Wildman–Crippen LogP) is 3.29. The number of carbonyl (C=O) groups excluding carboxylic acids is 1. The molecule has 1 aliphatic rings. The van der Waals surface area contributed by atoms with E-state index >= 15 is 0 Å². The Bertz CT molecular complexity index is 917. The molecule has 4 rings (SSSR count). The first kappa shape index (κ1) is 15.5. The molecule has 128 valence electrons. The van der Waals surface area contributed by atoms with Crippen LogP contribution in [0.25, 0.3) is 11.0 Å². The molecule has 1 aliphatic heterocycles. The molecular formula is C19H19N3O3. The fourth-order valence-electron chi connectivity index (χ4n) is 3.56. The Morgan fingerprint density at radius 3 is 2.76 bits per heavy atom.